The van der Waals surface area contributed by atoms with Gasteiger partial charge in [-0.15, -0.1) is 0 Å². The van der Waals surface area contributed by atoms with Crippen LogP contribution >= 0.6 is 0 Å². The monoisotopic (exact) mass is 520 g/mol. The summed E-state index contributed by atoms with van der Waals surface area (Å²) in [6.45, 7) is 15.9. The first-order valence-corrected chi connectivity index (χ1v) is 12.8. The van der Waals surface area contributed by atoms with Crippen molar-refractivity contribution >= 4 is 25.1 Å². The van der Waals surface area contributed by atoms with E-state index >= 15 is 0 Å². The van der Waals surface area contributed by atoms with Gasteiger partial charge < -0.3 is 29.8 Å². The molecule has 9 nitrogen and oxygen atoms in total. The molecule has 0 spiro atoms. The van der Waals surface area contributed by atoms with Gasteiger partial charge in [0.2, 0.25) is 5.91 Å². The van der Waals surface area contributed by atoms with Crippen molar-refractivity contribution in [2.24, 2.45) is 11.7 Å². The maximum absolute atomic E-state index is 12.1. The highest BCUT2D eigenvalue weighted by Crippen LogP contribution is 2.38. The number of nitrogens with one attached hydrogen (secondary N) is 1. The predicted octanol–water partition coefficient (Wildman–Crippen LogP) is 4.62. The van der Waals surface area contributed by atoms with Crippen LogP contribution in [0.5, 0.6) is 0 Å². The number of ether oxygens (including phenoxy) is 2. The van der Waals surface area contributed by atoms with Crippen LogP contribution in [0.4, 0.5) is 4.79 Å². The lowest BCUT2D eigenvalue weighted by molar-refractivity contribution is -0.156. The zero-order valence-corrected chi connectivity index (χ0v) is 23.7. The molecule has 1 aromatic carbocycles. The maximum atomic E-state index is 12.1. The van der Waals surface area contributed by atoms with Crippen LogP contribution in [0.25, 0.3) is 0 Å². The molecule has 10 heteroatoms. The van der Waals surface area contributed by atoms with E-state index in [0.717, 1.165) is 24.7 Å². The Balaban J connectivity index is 0.000000516. The summed E-state index contributed by atoms with van der Waals surface area (Å²) in [6.07, 6.45) is 1.96. The molecular formula is C27H45BN2O7. The number of rotatable bonds is 10. The van der Waals surface area contributed by atoms with Gasteiger partial charge >= 0.3 is 19.2 Å². The smallest absolute Gasteiger partial charge is 0.457 e. The average Bonchev–Trinajstić information content (AvgIpc) is 2.96. The van der Waals surface area contributed by atoms with E-state index in [4.69, 9.17) is 19.8 Å². The van der Waals surface area contributed by atoms with E-state index in [1.165, 1.54) is 6.92 Å². The van der Waals surface area contributed by atoms with Gasteiger partial charge in [-0.1, -0.05) is 36.8 Å². The van der Waals surface area contributed by atoms with Gasteiger partial charge in [0, 0.05) is 13.5 Å². The van der Waals surface area contributed by atoms with Crippen LogP contribution in [0.15, 0.2) is 30.3 Å². The van der Waals surface area contributed by atoms with E-state index in [1.54, 1.807) is 0 Å². The molecule has 0 bridgehead atoms. The van der Waals surface area contributed by atoms with Gasteiger partial charge in [-0.05, 0) is 72.7 Å². The van der Waals surface area contributed by atoms with Gasteiger partial charge in [0.15, 0.2) is 0 Å². The van der Waals surface area contributed by atoms with Crippen molar-refractivity contribution < 1.29 is 33.2 Å². The van der Waals surface area contributed by atoms with Crippen LogP contribution in [-0.2, 0) is 35.0 Å². The minimum absolute atomic E-state index is 0.0381. The van der Waals surface area contributed by atoms with Crippen molar-refractivity contribution in [3.05, 3.63) is 35.9 Å². The fourth-order valence-corrected chi connectivity index (χ4v) is 3.57. The third-order valence-electron chi connectivity index (χ3n) is 6.09. The molecule has 1 fully saturated rings. The third kappa shape index (κ3) is 13.5. The molecule has 1 aromatic rings. The third-order valence-corrected chi connectivity index (χ3v) is 6.09. The SMILES string of the molecule is CC(=O)NCC(CCCB1OC(C)(C)C(C)(C)O1)CC(=O)OC(C)(C)C.NC(=O)OCc1ccccc1. The van der Waals surface area contributed by atoms with Gasteiger partial charge in [-0.25, -0.2) is 4.79 Å². The quantitative estimate of drug-likeness (QED) is 0.340. The number of benzene rings is 1. The summed E-state index contributed by atoms with van der Waals surface area (Å²) < 4.78 is 22.0. The molecule has 2 amide bonds. The Hall–Kier alpha value is -2.59. The number of esters is 1. The molecule has 37 heavy (non-hydrogen) atoms. The van der Waals surface area contributed by atoms with Crippen molar-refractivity contribution in [2.75, 3.05) is 6.54 Å². The second-order valence-electron chi connectivity index (χ2n) is 11.3. The fourth-order valence-electron chi connectivity index (χ4n) is 3.57. The Labute approximate surface area is 222 Å². The normalized spacial score (nSPS) is 16.7. The van der Waals surface area contributed by atoms with E-state index < -0.39 is 11.7 Å². The van der Waals surface area contributed by atoms with E-state index in [1.807, 2.05) is 78.8 Å². The van der Waals surface area contributed by atoms with E-state index in [0.29, 0.717) is 13.0 Å². The topological polar surface area (TPSA) is 126 Å². The molecule has 1 heterocycles. The minimum Gasteiger partial charge on any atom is -0.460 e. The first-order chi connectivity index (χ1) is 17.0. The maximum Gasteiger partial charge on any atom is 0.457 e. The molecule has 0 radical (unpaired) electrons. The number of primary amides is 1. The number of hydrogen-bond donors (Lipinski definition) is 2. The average molecular weight is 520 g/mol. The van der Waals surface area contributed by atoms with Crippen LogP contribution in [-0.4, -0.2) is 48.4 Å². The largest absolute Gasteiger partial charge is 0.460 e. The van der Waals surface area contributed by atoms with Crippen molar-refractivity contribution in [3.63, 3.8) is 0 Å². The highest BCUT2D eigenvalue weighted by atomic mass is 16.7. The van der Waals surface area contributed by atoms with Crippen LogP contribution in [0, 0.1) is 5.92 Å². The van der Waals surface area contributed by atoms with E-state index in [-0.39, 0.29) is 42.7 Å². The summed E-state index contributed by atoms with van der Waals surface area (Å²) in [5, 5.41) is 2.81. The van der Waals surface area contributed by atoms with Gasteiger partial charge in [-0.2, -0.15) is 0 Å². The lowest BCUT2D eigenvalue weighted by Gasteiger charge is -2.32. The molecule has 1 saturated heterocycles. The van der Waals surface area contributed by atoms with Crippen LogP contribution < -0.4 is 11.1 Å². The minimum atomic E-state index is -0.742. The first kappa shape index (κ1) is 32.4. The standard InChI is InChI=1S/C19H36BNO5.C8H9NO2/c1-14(22)21-13-15(12-16(23)24-17(2,3)4)10-9-11-20-25-18(5,6)19(7,8)26-20;9-8(10)11-6-7-4-2-1-3-5-7/h15H,9-13H2,1-8H3,(H,21,22);1-5H,6H2,(H2,9,10). The van der Waals surface area contributed by atoms with Crippen LogP contribution in [0.2, 0.25) is 6.32 Å². The van der Waals surface area contributed by atoms with Crippen molar-refractivity contribution in [1.29, 1.82) is 0 Å². The molecule has 1 aliphatic heterocycles. The van der Waals surface area contributed by atoms with E-state index in [9.17, 15) is 14.4 Å². The zero-order chi connectivity index (χ0) is 28.3. The molecular weight excluding hydrogens is 475 g/mol. The molecule has 2 rings (SSSR count). The number of hydrogen-bond acceptors (Lipinski definition) is 7. The molecule has 1 unspecified atom stereocenters. The predicted molar refractivity (Wildman–Crippen MR) is 144 cm³/mol. The fraction of sp³-hybridized carbons (Fsp3) is 0.667. The van der Waals surface area contributed by atoms with Crippen molar-refractivity contribution in [1.82, 2.24) is 5.32 Å². The Morgan fingerprint density at radius 2 is 1.62 bits per heavy atom. The molecule has 3 N–H and O–H groups in total. The molecule has 0 aliphatic carbocycles. The lowest BCUT2D eigenvalue weighted by Crippen LogP contribution is -2.41. The van der Waals surface area contributed by atoms with E-state index in [2.05, 4.69) is 10.1 Å². The molecule has 208 valence electrons. The Morgan fingerprint density at radius 3 is 2.11 bits per heavy atom. The molecule has 1 aliphatic rings. The number of nitrogens with two attached hydrogens (primary N) is 1. The molecule has 0 aromatic heterocycles. The summed E-state index contributed by atoms with van der Waals surface area (Å²) >= 11 is 0. The number of carbonyl (C=O) groups excluding carboxylic acids is 3. The number of carbonyl (C=O) groups is 3. The van der Waals surface area contributed by atoms with Gasteiger partial charge in [0.25, 0.3) is 0 Å². The Bertz CT molecular complexity index is 853. The summed E-state index contributed by atoms with van der Waals surface area (Å²) in [4.78, 5) is 33.5. The highest BCUT2D eigenvalue weighted by molar-refractivity contribution is 6.45. The molecule has 1 atom stereocenters. The van der Waals surface area contributed by atoms with Gasteiger partial charge in [-0.3, -0.25) is 9.59 Å². The second-order valence-corrected chi connectivity index (χ2v) is 11.3. The summed E-state index contributed by atoms with van der Waals surface area (Å²) in [5.74, 6) is -0.287. The summed E-state index contributed by atoms with van der Waals surface area (Å²) in [6, 6.07) is 9.37. The zero-order valence-electron chi connectivity index (χ0n) is 23.7. The molecule has 0 saturated carbocycles. The Morgan fingerprint density at radius 1 is 1.05 bits per heavy atom. The van der Waals surface area contributed by atoms with Gasteiger partial charge in [0.05, 0.1) is 17.6 Å². The van der Waals surface area contributed by atoms with Crippen molar-refractivity contribution in [3.8, 4) is 0 Å². The van der Waals surface area contributed by atoms with Crippen LogP contribution in [0.3, 0.4) is 0 Å². The van der Waals surface area contributed by atoms with Gasteiger partial charge in [0.1, 0.15) is 12.2 Å². The Kier molecular flexibility index (Phi) is 12.6. The summed E-state index contributed by atoms with van der Waals surface area (Å²) in [7, 11) is -0.233. The van der Waals surface area contributed by atoms with Crippen molar-refractivity contribution in [2.45, 2.75) is 104 Å². The number of amides is 2. The lowest BCUT2D eigenvalue weighted by atomic mass is 9.80. The second kappa shape index (κ2) is 14.4. The highest BCUT2D eigenvalue weighted by Gasteiger charge is 2.50. The van der Waals surface area contributed by atoms with Crippen LogP contribution in [0.1, 0.15) is 80.2 Å². The first-order valence-electron chi connectivity index (χ1n) is 12.8. The summed E-state index contributed by atoms with van der Waals surface area (Å²) in [5.41, 5.74) is 4.55.